The molecule has 0 atom stereocenters. The van der Waals surface area contributed by atoms with Gasteiger partial charge in [0.2, 0.25) is 0 Å². The summed E-state index contributed by atoms with van der Waals surface area (Å²) >= 11 is 0. The number of benzene rings is 2. The van der Waals surface area contributed by atoms with Gasteiger partial charge in [0.15, 0.2) is 11.2 Å². The van der Waals surface area contributed by atoms with Gasteiger partial charge in [-0.15, -0.1) is 0 Å². The number of hydrogen-bond donors (Lipinski definition) is 1. The normalized spacial score (nSPS) is 10.7. The lowest BCUT2D eigenvalue weighted by molar-refractivity contribution is 0.0923. The third-order valence-corrected chi connectivity index (χ3v) is 3.81. The molecule has 0 spiro atoms. The minimum Gasteiger partial charge on any atom is -0.451 e. The second-order valence-electron chi connectivity index (χ2n) is 5.83. The van der Waals surface area contributed by atoms with Crippen molar-refractivity contribution in [1.29, 1.82) is 0 Å². The van der Waals surface area contributed by atoms with E-state index >= 15 is 0 Å². The summed E-state index contributed by atoms with van der Waals surface area (Å²) < 4.78 is 19.4. The summed E-state index contributed by atoms with van der Waals surface area (Å²) in [5, 5.41) is 3.05. The molecule has 3 rings (SSSR count). The van der Waals surface area contributed by atoms with E-state index in [1.54, 1.807) is 55.4 Å². The van der Waals surface area contributed by atoms with Crippen molar-refractivity contribution in [1.82, 2.24) is 5.32 Å². The molecule has 1 heterocycles. The fourth-order valence-corrected chi connectivity index (χ4v) is 2.51. The Balaban J connectivity index is 1.77. The first-order valence-electron chi connectivity index (χ1n) is 7.72. The van der Waals surface area contributed by atoms with Gasteiger partial charge in [0, 0.05) is 26.7 Å². The van der Waals surface area contributed by atoms with Crippen LogP contribution in [0.25, 0.3) is 11.0 Å². The van der Waals surface area contributed by atoms with Crippen LogP contribution in [0.4, 0.5) is 10.1 Å². The molecule has 0 aliphatic rings. The number of carbonyl (C=O) groups excluding carboxylic acids is 1. The van der Waals surface area contributed by atoms with Crippen LogP contribution in [-0.4, -0.2) is 20.0 Å². The third kappa shape index (κ3) is 3.52. The summed E-state index contributed by atoms with van der Waals surface area (Å²) in [6, 6.07) is 12.6. The zero-order chi connectivity index (χ0) is 18.0. The van der Waals surface area contributed by atoms with Crippen LogP contribution in [0, 0.1) is 5.82 Å². The summed E-state index contributed by atoms with van der Waals surface area (Å²) in [7, 11) is 3.50. The lowest BCUT2D eigenvalue weighted by atomic mass is 10.2. The number of carbonyl (C=O) groups is 1. The number of nitrogens with one attached hydrogen (secondary N) is 1. The van der Waals surface area contributed by atoms with Crippen LogP contribution in [0.1, 0.15) is 16.1 Å². The number of amides is 1. The van der Waals surface area contributed by atoms with Gasteiger partial charge in [-0.25, -0.2) is 4.39 Å². The van der Waals surface area contributed by atoms with Gasteiger partial charge in [0.1, 0.15) is 11.4 Å². The summed E-state index contributed by atoms with van der Waals surface area (Å²) in [4.78, 5) is 25.9. The summed E-state index contributed by atoms with van der Waals surface area (Å²) in [5.74, 6) is -0.969. The number of fused-ring (bicyclic) bond motifs is 1. The highest BCUT2D eigenvalue weighted by Gasteiger charge is 2.12. The molecule has 25 heavy (non-hydrogen) atoms. The van der Waals surface area contributed by atoms with Crippen molar-refractivity contribution in [3.05, 3.63) is 75.9 Å². The molecular formula is C19H17FN2O3. The van der Waals surface area contributed by atoms with Gasteiger partial charge in [-0.05, 0) is 29.8 Å². The molecule has 128 valence electrons. The highest BCUT2D eigenvalue weighted by molar-refractivity contribution is 5.93. The van der Waals surface area contributed by atoms with Gasteiger partial charge in [-0.3, -0.25) is 9.59 Å². The van der Waals surface area contributed by atoms with Crippen molar-refractivity contribution in [2.45, 2.75) is 6.54 Å². The number of rotatable bonds is 4. The molecule has 3 aromatic rings. The first kappa shape index (κ1) is 16.7. The van der Waals surface area contributed by atoms with Gasteiger partial charge < -0.3 is 14.6 Å². The lowest BCUT2D eigenvalue weighted by Crippen LogP contribution is -2.24. The van der Waals surface area contributed by atoms with Gasteiger partial charge >= 0.3 is 0 Å². The molecule has 1 aromatic heterocycles. The van der Waals surface area contributed by atoms with Crippen LogP contribution < -0.4 is 15.6 Å². The Labute approximate surface area is 143 Å². The maximum Gasteiger partial charge on any atom is 0.287 e. The highest BCUT2D eigenvalue weighted by Crippen LogP contribution is 2.18. The number of nitrogens with zero attached hydrogens (tertiary/aromatic N) is 1. The monoisotopic (exact) mass is 340 g/mol. The molecule has 0 fully saturated rings. The van der Waals surface area contributed by atoms with Gasteiger partial charge in [0.25, 0.3) is 5.91 Å². The predicted octanol–water partition coefficient (Wildman–Crippen LogP) is 2.93. The van der Waals surface area contributed by atoms with Crippen LogP contribution in [0.5, 0.6) is 0 Å². The molecule has 0 unspecified atom stereocenters. The third-order valence-electron chi connectivity index (χ3n) is 3.81. The molecule has 2 aromatic carbocycles. The number of anilines is 1. The summed E-state index contributed by atoms with van der Waals surface area (Å²) in [6.45, 7) is 0.125. The molecule has 6 heteroatoms. The molecule has 0 saturated carbocycles. The van der Waals surface area contributed by atoms with Crippen molar-refractivity contribution >= 4 is 22.6 Å². The molecule has 0 radical (unpaired) electrons. The fraction of sp³-hybridized carbons (Fsp3) is 0.158. The Morgan fingerprint density at radius 1 is 1.16 bits per heavy atom. The van der Waals surface area contributed by atoms with Crippen molar-refractivity contribution in [3.63, 3.8) is 0 Å². The first-order valence-corrected chi connectivity index (χ1v) is 7.72. The number of halogens is 1. The molecule has 5 nitrogen and oxygen atoms in total. The zero-order valence-electron chi connectivity index (χ0n) is 13.9. The minimum absolute atomic E-state index is 0.0749. The van der Waals surface area contributed by atoms with Crippen molar-refractivity contribution in [3.8, 4) is 0 Å². The van der Waals surface area contributed by atoms with Crippen LogP contribution in [0.2, 0.25) is 0 Å². The number of para-hydroxylation sites is 1. The summed E-state index contributed by atoms with van der Waals surface area (Å²) in [6.07, 6.45) is 0. The lowest BCUT2D eigenvalue weighted by Gasteiger charge is -2.14. The van der Waals surface area contributed by atoms with E-state index in [9.17, 15) is 14.0 Å². The molecule has 0 aliphatic carbocycles. The quantitative estimate of drug-likeness (QED) is 0.793. The van der Waals surface area contributed by atoms with Crippen molar-refractivity contribution < 1.29 is 13.6 Å². The highest BCUT2D eigenvalue weighted by atomic mass is 19.1. The smallest absolute Gasteiger partial charge is 0.287 e. The molecule has 1 amide bonds. The predicted molar refractivity (Wildman–Crippen MR) is 94.4 cm³/mol. The Kier molecular flexibility index (Phi) is 4.52. The van der Waals surface area contributed by atoms with Gasteiger partial charge in [-0.1, -0.05) is 18.2 Å². The minimum atomic E-state index is -0.528. The SMILES string of the molecule is CN(C)c1ccc(CNC(=O)c2cc(=O)c3ccccc3o2)cc1F. The maximum absolute atomic E-state index is 14.0. The van der Waals surface area contributed by atoms with Crippen LogP contribution in [0.3, 0.4) is 0 Å². The Morgan fingerprint density at radius 3 is 2.64 bits per heavy atom. The van der Waals surface area contributed by atoms with E-state index in [-0.39, 0.29) is 23.6 Å². The molecule has 0 bridgehead atoms. The average molecular weight is 340 g/mol. The Bertz CT molecular complexity index is 995. The summed E-state index contributed by atoms with van der Waals surface area (Å²) in [5.41, 5.74) is 1.14. The molecule has 0 saturated heterocycles. The standard InChI is InChI=1S/C19H17FN2O3/c1-22(2)15-8-7-12(9-14(15)20)11-21-19(24)18-10-16(23)13-5-3-4-6-17(13)25-18/h3-10H,11H2,1-2H3,(H,21,24). The molecule has 1 N–H and O–H groups in total. The first-order chi connectivity index (χ1) is 12.0. The number of hydrogen-bond acceptors (Lipinski definition) is 4. The van der Waals surface area contributed by atoms with E-state index < -0.39 is 5.91 Å². The van der Waals surface area contributed by atoms with Crippen molar-refractivity contribution in [2.75, 3.05) is 19.0 Å². The molecule has 0 aliphatic heterocycles. The van der Waals surface area contributed by atoms with Crippen LogP contribution in [-0.2, 0) is 6.54 Å². The second-order valence-corrected chi connectivity index (χ2v) is 5.83. The van der Waals surface area contributed by atoms with E-state index in [2.05, 4.69) is 5.32 Å². The van der Waals surface area contributed by atoms with Gasteiger partial charge in [-0.2, -0.15) is 0 Å². The molecular weight excluding hydrogens is 323 g/mol. The van der Waals surface area contributed by atoms with Crippen molar-refractivity contribution in [2.24, 2.45) is 0 Å². The van der Waals surface area contributed by atoms with Crippen LogP contribution in [0.15, 0.2) is 57.7 Å². The Hall–Kier alpha value is -3.15. The van der Waals surface area contributed by atoms with Gasteiger partial charge in [0.05, 0.1) is 11.1 Å². The second kappa shape index (κ2) is 6.76. The topological polar surface area (TPSA) is 62.6 Å². The maximum atomic E-state index is 14.0. The van der Waals surface area contributed by atoms with E-state index in [0.29, 0.717) is 22.2 Å². The largest absolute Gasteiger partial charge is 0.451 e. The Morgan fingerprint density at radius 2 is 1.92 bits per heavy atom. The zero-order valence-corrected chi connectivity index (χ0v) is 13.9. The van der Waals surface area contributed by atoms with E-state index in [1.807, 2.05) is 0 Å². The van der Waals surface area contributed by atoms with E-state index in [4.69, 9.17) is 4.42 Å². The van der Waals surface area contributed by atoms with E-state index in [0.717, 1.165) is 6.07 Å². The average Bonchev–Trinajstić information content (AvgIpc) is 2.59. The van der Waals surface area contributed by atoms with E-state index in [1.165, 1.54) is 6.07 Å². The van der Waals surface area contributed by atoms with Crippen LogP contribution >= 0.6 is 0 Å². The fourth-order valence-electron chi connectivity index (χ4n) is 2.51.